The van der Waals surface area contributed by atoms with Gasteiger partial charge in [-0.1, -0.05) is 19.9 Å². The lowest BCUT2D eigenvalue weighted by Crippen LogP contribution is -2.46. The van der Waals surface area contributed by atoms with Crippen LogP contribution in [0.4, 0.5) is 0 Å². The van der Waals surface area contributed by atoms with Crippen molar-refractivity contribution in [1.82, 2.24) is 9.80 Å². The van der Waals surface area contributed by atoms with Gasteiger partial charge < -0.3 is 19.0 Å². The van der Waals surface area contributed by atoms with Gasteiger partial charge in [0.25, 0.3) is 0 Å². The molecular formula is C19H28N2O4. The van der Waals surface area contributed by atoms with Gasteiger partial charge in [-0.25, -0.2) is 0 Å². The average Bonchev–Trinajstić information content (AvgIpc) is 3.26. The maximum atomic E-state index is 12.9. The fourth-order valence-corrected chi connectivity index (χ4v) is 2.90. The van der Waals surface area contributed by atoms with Crippen LogP contribution in [0.25, 0.3) is 0 Å². The molecule has 0 N–H and O–H groups in total. The Labute approximate surface area is 149 Å². The van der Waals surface area contributed by atoms with Gasteiger partial charge in [0.2, 0.25) is 11.8 Å². The Hall–Kier alpha value is -2.08. The van der Waals surface area contributed by atoms with Crippen LogP contribution in [0.2, 0.25) is 0 Å². The monoisotopic (exact) mass is 348 g/mol. The third-order valence-electron chi connectivity index (χ3n) is 4.21. The molecule has 1 aromatic rings. The van der Waals surface area contributed by atoms with E-state index >= 15 is 0 Å². The van der Waals surface area contributed by atoms with Gasteiger partial charge in [-0.15, -0.1) is 6.58 Å². The molecule has 2 heterocycles. The molecule has 0 bridgehead atoms. The van der Waals surface area contributed by atoms with Crippen molar-refractivity contribution in [3.05, 3.63) is 36.8 Å². The number of carbonyl (C=O) groups excluding carboxylic acids is 2. The van der Waals surface area contributed by atoms with Crippen molar-refractivity contribution in [3.8, 4) is 0 Å². The van der Waals surface area contributed by atoms with E-state index in [-0.39, 0.29) is 30.4 Å². The number of amides is 2. The highest BCUT2D eigenvalue weighted by Crippen LogP contribution is 2.16. The zero-order valence-electron chi connectivity index (χ0n) is 15.1. The fraction of sp³-hybridized carbons (Fsp3) is 0.579. The highest BCUT2D eigenvalue weighted by Gasteiger charge is 2.26. The fourth-order valence-electron chi connectivity index (χ4n) is 2.90. The number of carbonyl (C=O) groups is 2. The molecule has 1 saturated heterocycles. The first-order chi connectivity index (χ1) is 12.0. The quantitative estimate of drug-likeness (QED) is 0.643. The Morgan fingerprint density at radius 3 is 2.76 bits per heavy atom. The summed E-state index contributed by atoms with van der Waals surface area (Å²) in [6.45, 7) is 9.37. The van der Waals surface area contributed by atoms with Gasteiger partial charge in [0.05, 0.1) is 18.9 Å². The molecule has 0 unspecified atom stereocenters. The second kappa shape index (κ2) is 9.42. The summed E-state index contributed by atoms with van der Waals surface area (Å²) in [5.41, 5.74) is 0. The summed E-state index contributed by atoms with van der Waals surface area (Å²) in [6.07, 6.45) is 5.25. The maximum Gasteiger partial charge on any atom is 0.242 e. The van der Waals surface area contributed by atoms with Crippen molar-refractivity contribution >= 4 is 11.8 Å². The smallest absolute Gasteiger partial charge is 0.242 e. The first kappa shape index (κ1) is 19.2. The van der Waals surface area contributed by atoms with Crippen LogP contribution >= 0.6 is 0 Å². The van der Waals surface area contributed by atoms with E-state index in [1.165, 1.54) is 0 Å². The van der Waals surface area contributed by atoms with Crippen molar-refractivity contribution < 1.29 is 18.7 Å². The molecule has 1 fully saturated rings. The largest absolute Gasteiger partial charge is 0.467 e. The van der Waals surface area contributed by atoms with Crippen molar-refractivity contribution in [2.45, 2.75) is 39.3 Å². The summed E-state index contributed by atoms with van der Waals surface area (Å²) >= 11 is 0. The molecule has 0 saturated carbocycles. The SMILES string of the molecule is C=CCN(CC(=O)N(Cc1ccco1)C[C@H]1CCCO1)C(=O)C(C)C. The predicted octanol–water partition coefficient (Wildman–Crippen LogP) is 2.46. The van der Waals surface area contributed by atoms with E-state index in [2.05, 4.69) is 6.58 Å². The Kier molecular flexibility index (Phi) is 7.25. The molecule has 138 valence electrons. The molecule has 2 rings (SSSR count). The van der Waals surface area contributed by atoms with Crippen LogP contribution in [0.15, 0.2) is 35.5 Å². The number of rotatable bonds is 9. The summed E-state index contributed by atoms with van der Waals surface area (Å²) < 4.78 is 11.1. The van der Waals surface area contributed by atoms with Crippen LogP contribution in [0, 0.1) is 5.92 Å². The van der Waals surface area contributed by atoms with Crippen LogP contribution in [0.3, 0.4) is 0 Å². The number of nitrogens with zero attached hydrogens (tertiary/aromatic N) is 2. The summed E-state index contributed by atoms with van der Waals surface area (Å²) in [6, 6.07) is 3.65. The Morgan fingerprint density at radius 1 is 1.40 bits per heavy atom. The Bertz CT molecular complexity index is 562. The highest BCUT2D eigenvalue weighted by atomic mass is 16.5. The zero-order chi connectivity index (χ0) is 18.2. The standard InChI is InChI=1S/C19H28N2O4/c1-4-9-20(19(23)15(2)3)14-18(22)21(12-16-7-5-10-24-16)13-17-8-6-11-25-17/h4-5,7,10,15,17H,1,6,8-9,11-14H2,2-3H3/t17-/m1/s1. The van der Waals surface area contributed by atoms with Gasteiger partial charge in [0.1, 0.15) is 12.3 Å². The first-order valence-corrected chi connectivity index (χ1v) is 8.82. The molecule has 1 aromatic heterocycles. The van der Waals surface area contributed by atoms with Gasteiger partial charge in [0.15, 0.2) is 0 Å². The number of hydrogen-bond donors (Lipinski definition) is 0. The van der Waals surface area contributed by atoms with Gasteiger partial charge in [-0.05, 0) is 25.0 Å². The molecule has 2 amide bonds. The van der Waals surface area contributed by atoms with Crippen LogP contribution in [0.1, 0.15) is 32.4 Å². The molecule has 1 aliphatic rings. The van der Waals surface area contributed by atoms with Crippen molar-refractivity contribution in [1.29, 1.82) is 0 Å². The van der Waals surface area contributed by atoms with Crippen LogP contribution in [-0.4, -0.2) is 54.0 Å². The van der Waals surface area contributed by atoms with E-state index < -0.39 is 0 Å². The lowest BCUT2D eigenvalue weighted by atomic mass is 10.2. The lowest BCUT2D eigenvalue weighted by molar-refractivity contribution is -0.143. The molecular weight excluding hydrogens is 320 g/mol. The predicted molar refractivity (Wildman–Crippen MR) is 94.7 cm³/mol. The summed E-state index contributed by atoms with van der Waals surface area (Å²) in [7, 11) is 0. The van der Waals surface area contributed by atoms with Crippen LogP contribution in [0.5, 0.6) is 0 Å². The van der Waals surface area contributed by atoms with E-state index in [0.717, 1.165) is 25.2 Å². The number of ether oxygens (including phenoxy) is 1. The Morgan fingerprint density at radius 2 is 2.20 bits per heavy atom. The van der Waals surface area contributed by atoms with Gasteiger partial charge >= 0.3 is 0 Å². The van der Waals surface area contributed by atoms with E-state index in [1.807, 2.05) is 19.9 Å². The molecule has 1 atom stereocenters. The van der Waals surface area contributed by atoms with E-state index in [1.54, 1.807) is 28.2 Å². The topological polar surface area (TPSA) is 63.0 Å². The third kappa shape index (κ3) is 5.74. The molecule has 0 spiro atoms. The summed E-state index contributed by atoms with van der Waals surface area (Å²) in [5.74, 6) is 0.396. The van der Waals surface area contributed by atoms with Crippen molar-refractivity contribution in [2.75, 3.05) is 26.2 Å². The molecule has 6 heteroatoms. The van der Waals surface area contributed by atoms with Crippen molar-refractivity contribution in [2.24, 2.45) is 5.92 Å². The minimum atomic E-state index is -0.163. The normalized spacial score (nSPS) is 16.8. The molecule has 25 heavy (non-hydrogen) atoms. The van der Waals surface area contributed by atoms with Gasteiger partial charge in [0, 0.05) is 25.6 Å². The zero-order valence-corrected chi connectivity index (χ0v) is 15.1. The van der Waals surface area contributed by atoms with E-state index in [4.69, 9.17) is 9.15 Å². The second-order valence-corrected chi connectivity index (χ2v) is 6.65. The summed E-state index contributed by atoms with van der Waals surface area (Å²) in [4.78, 5) is 28.5. The van der Waals surface area contributed by atoms with Crippen LogP contribution in [-0.2, 0) is 20.9 Å². The minimum Gasteiger partial charge on any atom is -0.467 e. The van der Waals surface area contributed by atoms with Crippen LogP contribution < -0.4 is 0 Å². The first-order valence-electron chi connectivity index (χ1n) is 8.82. The maximum absolute atomic E-state index is 12.9. The molecule has 0 aliphatic carbocycles. The Balaban J connectivity index is 2.06. The molecule has 0 radical (unpaired) electrons. The van der Waals surface area contributed by atoms with Gasteiger partial charge in [-0.2, -0.15) is 0 Å². The second-order valence-electron chi connectivity index (χ2n) is 6.65. The van der Waals surface area contributed by atoms with E-state index in [0.29, 0.717) is 19.6 Å². The lowest BCUT2D eigenvalue weighted by Gasteiger charge is -2.29. The third-order valence-corrected chi connectivity index (χ3v) is 4.21. The van der Waals surface area contributed by atoms with Crippen molar-refractivity contribution in [3.63, 3.8) is 0 Å². The highest BCUT2D eigenvalue weighted by molar-refractivity contribution is 5.85. The molecule has 0 aromatic carbocycles. The van der Waals surface area contributed by atoms with Gasteiger partial charge in [-0.3, -0.25) is 9.59 Å². The summed E-state index contributed by atoms with van der Waals surface area (Å²) in [5, 5.41) is 0. The average molecular weight is 348 g/mol. The molecule has 1 aliphatic heterocycles. The minimum absolute atomic E-state index is 0.0382. The molecule has 6 nitrogen and oxygen atoms in total. The number of furan rings is 1. The van der Waals surface area contributed by atoms with E-state index in [9.17, 15) is 9.59 Å². The number of hydrogen-bond acceptors (Lipinski definition) is 4.